The Bertz CT molecular complexity index is 1030. The third kappa shape index (κ3) is 5.57. The van der Waals surface area contributed by atoms with Crippen molar-refractivity contribution in [2.45, 2.75) is 46.6 Å². The van der Waals surface area contributed by atoms with Gasteiger partial charge in [0.1, 0.15) is 11.4 Å². The van der Waals surface area contributed by atoms with Crippen LogP contribution in [0.5, 0.6) is 0 Å². The van der Waals surface area contributed by atoms with E-state index in [1.54, 1.807) is 17.3 Å². The van der Waals surface area contributed by atoms with Crippen LogP contribution in [0.15, 0.2) is 53.3 Å². The average molecular weight is 470 g/mol. The van der Waals surface area contributed by atoms with E-state index in [9.17, 15) is 4.79 Å². The summed E-state index contributed by atoms with van der Waals surface area (Å²) in [6, 6.07) is 12.0. The van der Waals surface area contributed by atoms with E-state index in [-0.39, 0.29) is 6.09 Å². The maximum atomic E-state index is 12.9. The first-order valence-electron chi connectivity index (χ1n) is 10.2. The third-order valence-electron chi connectivity index (χ3n) is 4.58. The highest BCUT2D eigenvalue weighted by molar-refractivity contribution is 9.10. The standard InChI is InChI=1S/C24H28BrN3O2/c1-16(2)10-13-28(23(29)30-24(3,4)5)22-15-20(25)19-14-18(6-7-21(19)27-22)17-8-11-26-12-9-17/h6-9,11-12,14-16H,10,13H2,1-5H3. The highest BCUT2D eigenvalue weighted by atomic mass is 79.9. The molecule has 5 nitrogen and oxygen atoms in total. The minimum Gasteiger partial charge on any atom is -0.443 e. The van der Waals surface area contributed by atoms with Crippen LogP contribution in [0.2, 0.25) is 0 Å². The van der Waals surface area contributed by atoms with Gasteiger partial charge in [-0.15, -0.1) is 0 Å². The molecule has 0 atom stereocenters. The molecular formula is C24H28BrN3O2. The number of nitrogens with zero attached hydrogens (tertiary/aromatic N) is 3. The molecule has 0 saturated carbocycles. The molecule has 3 aromatic rings. The number of amides is 1. The van der Waals surface area contributed by atoms with E-state index in [1.165, 1.54) is 0 Å². The molecule has 0 aliphatic heterocycles. The number of carbonyl (C=O) groups excluding carboxylic acids is 1. The Morgan fingerprint density at radius 3 is 2.43 bits per heavy atom. The van der Waals surface area contributed by atoms with Gasteiger partial charge in [-0.1, -0.05) is 19.9 Å². The smallest absolute Gasteiger partial charge is 0.416 e. The van der Waals surface area contributed by atoms with E-state index in [0.29, 0.717) is 18.3 Å². The van der Waals surface area contributed by atoms with Crippen LogP contribution in [-0.2, 0) is 4.74 Å². The van der Waals surface area contributed by atoms with Gasteiger partial charge in [-0.2, -0.15) is 0 Å². The van der Waals surface area contributed by atoms with Crippen molar-refractivity contribution in [3.63, 3.8) is 0 Å². The Kier molecular flexibility index (Phi) is 6.76. The summed E-state index contributed by atoms with van der Waals surface area (Å²) in [7, 11) is 0. The van der Waals surface area contributed by atoms with Crippen LogP contribution in [0.1, 0.15) is 41.0 Å². The van der Waals surface area contributed by atoms with Crippen molar-refractivity contribution in [3.05, 3.63) is 53.3 Å². The minimum atomic E-state index is -0.569. The van der Waals surface area contributed by atoms with Crippen LogP contribution < -0.4 is 4.90 Å². The third-order valence-corrected chi connectivity index (χ3v) is 5.23. The Labute approximate surface area is 186 Å². The maximum Gasteiger partial charge on any atom is 0.416 e. The van der Waals surface area contributed by atoms with Crippen LogP contribution in [0.4, 0.5) is 10.6 Å². The summed E-state index contributed by atoms with van der Waals surface area (Å²) in [6.07, 6.45) is 4.04. The largest absolute Gasteiger partial charge is 0.443 e. The zero-order valence-corrected chi connectivity index (χ0v) is 19.7. The summed E-state index contributed by atoms with van der Waals surface area (Å²) in [6.45, 7) is 10.4. The number of pyridine rings is 2. The minimum absolute atomic E-state index is 0.379. The van der Waals surface area contributed by atoms with E-state index in [4.69, 9.17) is 9.72 Å². The molecule has 6 heteroatoms. The predicted octanol–water partition coefficient (Wildman–Crippen LogP) is 6.85. The van der Waals surface area contributed by atoms with Gasteiger partial charge in [0.25, 0.3) is 0 Å². The number of hydrogen-bond donors (Lipinski definition) is 0. The van der Waals surface area contributed by atoms with Gasteiger partial charge in [0.15, 0.2) is 0 Å². The second-order valence-electron chi connectivity index (χ2n) is 8.74. The van der Waals surface area contributed by atoms with Crippen molar-refractivity contribution in [2.24, 2.45) is 5.92 Å². The van der Waals surface area contributed by atoms with Gasteiger partial charge in [0.2, 0.25) is 0 Å². The molecule has 3 rings (SSSR count). The number of fused-ring (bicyclic) bond motifs is 1. The molecule has 0 N–H and O–H groups in total. The van der Waals surface area contributed by atoms with Crippen molar-refractivity contribution in [1.82, 2.24) is 9.97 Å². The lowest BCUT2D eigenvalue weighted by atomic mass is 10.0. The van der Waals surface area contributed by atoms with Crippen LogP contribution in [-0.4, -0.2) is 28.2 Å². The lowest BCUT2D eigenvalue weighted by molar-refractivity contribution is 0.0578. The van der Waals surface area contributed by atoms with E-state index in [0.717, 1.165) is 32.9 Å². The van der Waals surface area contributed by atoms with Gasteiger partial charge in [-0.25, -0.2) is 9.78 Å². The molecule has 0 saturated heterocycles. The zero-order valence-electron chi connectivity index (χ0n) is 18.1. The summed E-state index contributed by atoms with van der Waals surface area (Å²) >= 11 is 3.68. The average Bonchev–Trinajstić information content (AvgIpc) is 2.67. The molecule has 30 heavy (non-hydrogen) atoms. The molecule has 2 aromatic heterocycles. The Morgan fingerprint density at radius 2 is 1.80 bits per heavy atom. The first kappa shape index (κ1) is 22.2. The fraction of sp³-hybridized carbons (Fsp3) is 0.375. The van der Waals surface area contributed by atoms with Crippen LogP contribution >= 0.6 is 15.9 Å². The van der Waals surface area contributed by atoms with Crippen molar-refractivity contribution in [3.8, 4) is 11.1 Å². The van der Waals surface area contributed by atoms with Crippen molar-refractivity contribution < 1.29 is 9.53 Å². The van der Waals surface area contributed by atoms with E-state index >= 15 is 0 Å². The highest BCUT2D eigenvalue weighted by Crippen LogP contribution is 2.32. The van der Waals surface area contributed by atoms with Gasteiger partial charge >= 0.3 is 6.09 Å². The summed E-state index contributed by atoms with van der Waals surface area (Å²) < 4.78 is 6.53. The fourth-order valence-corrected chi connectivity index (χ4v) is 3.56. The molecule has 0 aliphatic carbocycles. The topological polar surface area (TPSA) is 55.3 Å². The SMILES string of the molecule is CC(C)CCN(C(=O)OC(C)(C)C)c1cc(Br)c2cc(-c3ccncc3)ccc2n1. The van der Waals surface area contributed by atoms with Crippen LogP contribution in [0.3, 0.4) is 0 Å². The molecular weight excluding hydrogens is 442 g/mol. The van der Waals surface area contributed by atoms with Crippen molar-refractivity contribution in [2.75, 3.05) is 11.4 Å². The summed E-state index contributed by atoms with van der Waals surface area (Å²) in [5.74, 6) is 1.04. The maximum absolute atomic E-state index is 12.9. The molecule has 158 valence electrons. The number of halogens is 1. The Morgan fingerprint density at radius 1 is 1.10 bits per heavy atom. The predicted molar refractivity (Wildman–Crippen MR) is 126 cm³/mol. The lowest BCUT2D eigenvalue weighted by Crippen LogP contribution is -2.38. The highest BCUT2D eigenvalue weighted by Gasteiger charge is 2.25. The number of carbonyl (C=O) groups is 1. The van der Waals surface area contributed by atoms with E-state index in [2.05, 4.69) is 40.8 Å². The van der Waals surface area contributed by atoms with Gasteiger partial charge < -0.3 is 4.74 Å². The first-order chi connectivity index (χ1) is 14.1. The van der Waals surface area contributed by atoms with E-state index < -0.39 is 5.60 Å². The van der Waals surface area contributed by atoms with Crippen molar-refractivity contribution in [1.29, 1.82) is 0 Å². The van der Waals surface area contributed by atoms with Crippen LogP contribution in [0.25, 0.3) is 22.0 Å². The molecule has 0 bridgehead atoms. The van der Waals surface area contributed by atoms with Gasteiger partial charge in [0, 0.05) is 28.8 Å². The van der Waals surface area contributed by atoms with Gasteiger partial charge in [-0.3, -0.25) is 9.88 Å². The van der Waals surface area contributed by atoms with E-state index in [1.807, 2.05) is 51.1 Å². The Hall–Kier alpha value is -2.47. The molecule has 0 fully saturated rings. The number of hydrogen-bond acceptors (Lipinski definition) is 4. The molecule has 0 aliphatic rings. The first-order valence-corrected chi connectivity index (χ1v) is 10.9. The number of rotatable bonds is 5. The number of anilines is 1. The van der Waals surface area contributed by atoms with Crippen LogP contribution in [0, 0.1) is 5.92 Å². The molecule has 2 heterocycles. The second kappa shape index (κ2) is 9.13. The zero-order chi connectivity index (χ0) is 21.9. The lowest BCUT2D eigenvalue weighted by Gasteiger charge is -2.27. The normalized spacial score (nSPS) is 11.7. The molecule has 0 unspecified atom stereocenters. The Balaban J connectivity index is 2.00. The van der Waals surface area contributed by atoms with Gasteiger partial charge in [0.05, 0.1) is 5.52 Å². The summed E-state index contributed by atoms with van der Waals surface area (Å²) in [5, 5.41) is 0.987. The number of aromatic nitrogens is 2. The monoisotopic (exact) mass is 469 g/mol. The quantitative estimate of drug-likeness (QED) is 0.409. The summed E-state index contributed by atoms with van der Waals surface area (Å²) in [4.78, 5) is 23.4. The molecule has 1 amide bonds. The molecule has 0 spiro atoms. The molecule has 1 aromatic carbocycles. The summed E-state index contributed by atoms with van der Waals surface area (Å²) in [5.41, 5.74) is 2.43. The molecule has 0 radical (unpaired) electrons. The van der Waals surface area contributed by atoms with Crippen molar-refractivity contribution >= 4 is 38.7 Å². The van der Waals surface area contributed by atoms with Gasteiger partial charge in [-0.05, 0) is 90.5 Å². The number of benzene rings is 1. The fourth-order valence-electron chi connectivity index (χ4n) is 3.04. The number of ether oxygens (including phenoxy) is 1. The second-order valence-corrected chi connectivity index (χ2v) is 9.60.